The van der Waals surface area contributed by atoms with E-state index in [1.54, 1.807) is 36.4 Å². The molecule has 0 radical (unpaired) electrons. The van der Waals surface area contributed by atoms with Crippen molar-refractivity contribution in [3.05, 3.63) is 54.1 Å². The number of hydrogen-bond acceptors (Lipinski definition) is 6. The highest BCUT2D eigenvalue weighted by atomic mass is 32.2. The molecule has 0 unspecified atom stereocenters. The third-order valence-electron chi connectivity index (χ3n) is 5.48. The molecule has 0 aromatic heterocycles. The first kappa shape index (κ1) is 24.6. The molecule has 0 bridgehead atoms. The van der Waals surface area contributed by atoms with Crippen molar-refractivity contribution in [3.8, 4) is 5.75 Å². The number of hydrazine groups is 1. The molecule has 32 heavy (non-hydrogen) atoms. The molecule has 174 valence electrons. The monoisotopic (exact) mass is 476 g/mol. The minimum absolute atomic E-state index is 0.243. The molecule has 1 aliphatic rings. The quantitative estimate of drug-likeness (QED) is 0.403. The highest BCUT2D eigenvalue weighted by molar-refractivity contribution is 7.89. The van der Waals surface area contributed by atoms with E-state index in [0.29, 0.717) is 13.1 Å². The van der Waals surface area contributed by atoms with Gasteiger partial charge < -0.3 is 15.0 Å². The van der Waals surface area contributed by atoms with E-state index in [9.17, 15) is 8.42 Å². The average molecular weight is 477 g/mol. The zero-order valence-corrected chi connectivity index (χ0v) is 20.3. The SMILES string of the molecule is COc1ccc(CCCCC(=S)Nc2ccc(S(=O)(=O)NN3CCN(C)CC3)cc2)cc1. The smallest absolute Gasteiger partial charge is 0.253 e. The van der Waals surface area contributed by atoms with Crippen LogP contribution in [0.5, 0.6) is 5.75 Å². The van der Waals surface area contributed by atoms with Crippen molar-refractivity contribution in [1.29, 1.82) is 0 Å². The summed E-state index contributed by atoms with van der Waals surface area (Å²) in [6.45, 7) is 3.01. The molecule has 0 atom stereocenters. The van der Waals surface area contributed by atoms with E-state index in [1.807, 2.05) is 19.2 Å². The summed E-state index contributed by atoms with van der Waals surface area (Å²) in [7, 11) is 0.116. The first-order valence-electron chi connectivity index (χ1n) is 10.8. The van der Waals surface area contributed by atoms with Gasteiger partial charge in [0.1, 0.15) is 5.75 Å². The van der Waals surface area contributed by atoms with E-state index in [2.05, 4.69) is 27.2 Å². The van der Waals surface area contributed by atoms with Crippen LogP contribution in [0.1, 0.15) is 24.8 Å². The van der Waals surface area contributed by atoms with Crippen LogP contribution < -0.4 is 14.9 Å². The summed E-state index contributed by atoms with van der Waals surface area (Å²) < 4.78 is 30.4. The van der Waals surface area contributed by atoms with E-state index in [1.165, 1.54) is 5.56 Å². The van der Waals surface area contributed by atoms with Gasteiger partial charge in [0.25, 0.3) is 10.0 Å². The lowest BCUT2D eigenvalue weighted by molar-refractivity contribution is 0.135. The maximum absolute atomic E-state index is 12.6. The molecule has 0 aliphatic carbocycles. The lowest BCUT2D eigenvalue weighted by Gasteiger charge is -2.32. The Morgan fingerprint density at radius 3 is 2.28 bits per heavy atom. The summed E-state index contributed by atoms with van der Waals surface area (Å²) in [5, 5.41) is 4.96. The normalized spacial score (nSPS) is 15.4. The molecule has 9 heteroatoms. The van der Waals surface area contributed by atoms with Crippen LogP contribution in [0.4, 0.5) is 5.69 Å². The lowest BCUT2D eigenvalue weighted by Crippen LogP contribution is -2.52. The molecular formula is C23H32N4O3S2. The Morgan fingerprint density at radius 1 is 1.00 bits per heavy atom. The molecule has 0 spiro atoms. The number of benzene rings is 2. The summed E-state index contributed by atoms with van der Waals surface area (Å²) in [5.41, 5.74) is 2.08. The fraction of sp³-hybridized carbons (Fsp3) is 0.435. The number of unbranched alkanes of at least 4 members (excludes halogenated alkanes) is 1. The highest BCUT2D eigenvalue weighted by Crippen LogP contribution is 2.17. The van der Waals surface area contributed by atoms with Crippen molar-refractivity contribution in [3.63, 3.8) is 0 Å². The fourth-order valence-corrected chi connectivity index (χ4v) is 4.85. The number of nitrogens with zero attached hydrogens (tertiary/aromatic N) is 2. The zero-order valence-electron chi connectivity index (χ0n) is 18.7. The number of aryl methyl sites for hydroxylation is 1. The summed E-state index contributed by atoms with van der Waals surface area (Å²) in [4.78, 5) is 5.84. The Labute approximate surface area is 196 Å². The number of hydrogen-bond donors (Lipinski definition) is 2. The van der Waals surface area contributed by atoms with E-state index in [0.717, 1.165) is 55.2 Å². The Bertz CT molecular complexity index is 971. The zero-order chi connectivity index (χ0) is 23.0. The Balaban J connectivity index is 1.41. The van der Waals surface area contributed by atoms with Crippen molar-refractivity contribution in [2.75, 3.05) is 45.7 Å². The number of thiocarbonyl (C=S) groups is 1. The molecular weight excluding hydrogens is 444 g/mol. The van der Waals surface area contributed by atoms with E-state index >= 15 is 0 Å². The van der Waals surface area contributed by atoms with Crippen LogP contribution >= 0.6 is 12.2 Å². The summed E-state index contributed by atoms with van der Waals surface area (Å²) >= 11 is 5.45. The topological polar surface area (TPSA) is 73.9 Å². The molecule has 2 aromatic rings. The van der Waals surface area contributed by atoms with Gasteiger partial charge in [-0.2, -0.15) is 0 Å². The minimum atomic E-state index is -3.58. The first-order chi connectivity index (χ1) is 15.4. The third kappa shape index (κ3) is 7.53. The molecule has 3 rings (SSSR count). The molecule has 1 saturated heterocycles. The van der Waals surface area contributed by atoms with Gasteiger partial charge in [0.15, 0.2) is 0 Å². The van der Waals surface area contributed by atoms with Gasteiger partial charge in [-0.05, 0) is 74.7 Å². The van der Waals surface area contributed by atoms with Crippen LogP contribution in [0.3, 0.4) is 0 Å². The van der Waals surface area contributed by atoms with Crippen LogP contribution in [-0.2, 0) is 16.4 Å². The number of piperazine rings is 1. The number of likely N-dealkylation sites (N-methyl/N-ethyl adjacent to an activating group) is 1. The largest absolute Gasteiger partial charge is 0.497 e. The van der Waals surface area contributed by atoms with Crippen molar-refractivity contribution < 1.29 is 13.2 Å². The summed E-state index contributed by atoms with van der Waals surface area (Å²) in [6.07, 6.45) is 3.82. The van der Waals surface area contributed by atoms with Gasteiger partial charge in [-0.1, -0.05) is 24.4 Å². The maximum Gasteiger partial charge on any atom is 0.253 e. The number of methoxy groups -OCH3 is 1. The first-order valence-corrected chi connectivity index (χ1v) is 12.7. The van der Waals surface area contributed by atoms with Gasteiger partial charge in [0.2, 0.25) is 0 Å². The van der Waals surface area contributed by atoms with Gasteiger partial charge in [0, 0.05) is 31.9 Å². The number of rotatable bonds is 10. The molecule has 0 saturated carbocycles. The van der Waals surface area contributed by atoms with Crippen molar-refractivity contribution in [2.24, 2.45) is 0 Å². The molecule has 7 nitrogen and oxygen atoms in total. The lowest BCUT2D eigenvalue weighted by atomic mass is 10.1. The van der Waals surface area contributed by atoms with Crippen LogP contribution in [0, 0.1) is 0 Å². The maximum atomic E-state index is 12.6. The molecule has 2 aromatic carbocycles. The van der Waals surface area contributed by atoms with Crippen LogP contribution in [0.25, 0.3) is 0 Å². The minimum Gasteiger partial charge on any atom is -0.497 e. The van der Waals surface area contributed by atoms with Crippen LogP contribution in [0.15, 0.2) is 53.4 Å². The van der Waals surface area contributed by atoms with Crippen molar-refractivity contribution >= 4 is 32.9 Å². The predicted octanol–water partition coefficient (Wildman–Crippen LogP) is 3.29. The van der Waals surface area contributed by atoms with Gasteiger partial charge >= 0.3 is 0 Å². The van der Waals surface area contributed by atoms with Gasteiger partial charge in [-0.3, -0.25) is 0 Å². The third-order valence-corrected chi connectivity index (χ3v) is 7.18. The van der Waals surface area contributed by atoms with Crippen LogP contribution in [0.2, 0.25) is 0 Å². The number of nitrogens with one attached hydrogen (secondary N) is 2. The number of ether oxygens (including phenoxy) is 1. The predicted molar refractivity (Wildman–Crippen MR) is 133 cm³/mol. The summed E-state index contributed by atoms with van der Waals surface area (Å²) in [5.74, 6) is 0.869. The summed E-state index contributed by atoms with van der Waals surface area (Å²) in [6, 6.07) is 14.8. The Morgan fingerprint density at radius 2 is 1.66 bits per heavy atom. The Hall–Kier alpha value is -2.04. The molecule has 2 N–H and O–H groups in total. The Kier molecular flexibility index (Phi) is 9.01. The van der Waals surface area contributed by atoms with Crippen molar-refractivity contribution in [1.82, 2.24) is 14.7 Å². The van der Waals surface area contributed by atoms with E-state index in [-0.39, 0.29) is 4.90 Å². The highest BCUT2D eigenvalue weighted by Gasteiger charge is 2.21. The van der Waals surface area contributed by atoms with E-state index in [4.69, 9.17) is 17.0 Å². The second-order valence-electron chi connectivity index (χ2n) is 8.01. The van der Waals surface area contributed by atoms with Gasteiger partial charge in [-0.15, -0.1) is 4.83 Å². The average Bonchev–Trinajstić information content (AvgIpc) is 2.79. The number of anilines is 1. The fourth-order valence-electron chi connectivity index (χ4n) is 3.47. The van der Waals surface area contributed by atoms with Crippen molar-refractivity contribution in [2.45, 2.75) is 30.6 Å². The van der Waals surface area contributed by atoms with Crippen LogP contribution in [-0.4, -0.2) is 63.7 Å². The van der Waals surface area contributed by atoms with Gasteiger partial charge in [0.05, 0.1) is 17.0 Å². The molecule has 0 amide bonds. The molecule has 1 fully saturated rings. The second-order valence-corrected chi connectivity index (χ2v) is 10.2. The molecule has 1 heterocycles. The van der Waals surface area contributed by atoms with Gasteiger partial charge in [-0.25, -0.2) is 13.4 Å². The standard InChI is InChI=1S/C23H32N4O3S2/c1-26-15-17-27(18-16-26)25-32(28,29)22-13-9-20(10-14-22)24-23(31)6-4-3-5-19-7-11-21(30-2)12-8-19/h7-14,25H,3-6,15-18H2,1-2H3,(H,24,31). The molecule has 1 aliphatic heterocycles. The second kappa shape index (κ2) is 11.7. The number of sulfonamides is 1. The van der Waals surface area contributed by atoms with E-state index < -0.39 is 10.0 Å².